The predicted molar refractivity (Wildman–Crippen MR) is 71.9 cm³/mol. The van der Waals surface area contributed by atoms with Crippen molar-refractivity contribution >= 4 is 11.8 Å². The fourth-order valence-electron chi connectivity index (χ4n) is 2.11. The van der Waals surface area contributed by atoms with E-state index in [0.29, 0.717) is 25.9 Å². The van der Waals surface area contributed by atoms with E-state index in [0.717, 1.165) is 0 Å². The average molecular weight is 263 g/mol. The Morgan fingerprint density at radius 3 is 2.42 bits per heavy atom. The van der Waals surface area contributed by atoms with Crippen molar-refractivity contribution in [2.75, 3.05) is 13.1 Å². The largest absolute Gasteiger partial charge is 0.340 e. The molecule has 0 unspecified atom stereocenters. The van der Waals surface area contributed by atoms with Gasteiger partial charge in [-0.2, -0.15) is 5.26 Å². The third-order valence-corrected chi connectivity index (χ3v) is 3.46. The van der Waals surface area contributed by atoms with E-state index >= 15 is 0 Å². The zero-order valence-corrected chi connectivity index (χ0v) is 11.6. The van der Waals surface area contributed by atoms with Crippen LogP contribution in [0.3, 0.4) is 0 Å². The van der Waals surface area contributed by atoms with Crippen LogP contribution in [0.2, 0.25) is 0 Å². The zero-order chi connectivity index (χ0) is 14.4. The zero-order valence-electron chi connectivity index (χ0n) is 11.6. The van der Waals surface area contributed by atoms with Crippen molar-refractivity contribution in [3.05, 3.63) is 12.7 Å². The number of rotatable bonds is 4. The van der Waals surface area contributed by atoms with Crippen molar-refractivity contribution < 1.29 is 9.59 Å². The Kier molecular flexibility index (Phi) is 5.56. The Hall–Kier alpha value is -1.83. The van der Waals surface area contributed by atoms with Crippen LogP contribution in [0, 0.1) is 23.2 Å². The highest BCUT2D eigenvalue weighted by Gasteiger charge is 2.28. The van der Waals surface area contributed by atoms with E-state index in [4.69, 9.17) is 5.26 Å². The fourth-order valence-corrected chi connectivity index (χ4v) is 2.11. The molecule has 1 aliphatic heterocycles. The third-order valence-electron chi connectivity index (χ3n) is 3.46. The summed E-state index contributed by atoms with van der Waals surface area (Å²) in [6, 6.07) is 1.65. The summed E-state index contributed by atoms with van der Waals surface area (Å²) in [5.41, 5.74) is 0. The maximum absolute atomic E-state index is 12.0. The van der Waals surface area contributed by atoms with Crippen LogP contribution in [0.4, 0.5) is 0 Å². The summed E-state index contributed by atoms with van der Waals surface area (Å²) in [4.78, 5) is 25.1. The number of nitrogens with one attached hydrogen (secondary N) is 1. The minimum absolute atomic E-state index is 0.0778. The highest BCUT2D eigenvalue weighted by Crippen LogP contribution is 2.18. The van der Waals surface area contributed by atoms with Gasteiger partial charge in [-0.1, -0.05) is 20.4 Å². The number of hydrogen-bond acceptors (Lipinski definition) is 3. The van der Waals surface area contributed by atoms with E-state index in [1.807, 2.05) is 13.8 Å². The lowest BCUT2D eigenvalue weighted by molar-refractivity contribution is -0.132. The maximum atomic E-state index is 12.0. The van der Waals surface area contributed by atoms with E-state index < -0.39 is 6.04 Å². The molecule has 5 heteroatoms. The van der Waals surface area contributed by atoms with Crippen LogP contribution < -0.4 is 5.32 Å². The molecule has 0 aromatic carbocycles. The van der Waals surface area contributed by atoms with Gasteiger partial charge in [-0.25, -0.2) is 0 Å². The van der Waals surface area contributed by atoms with Crippen LogP contribution >= 0.6 is 0 Å². The molecule has 104 valence electrons. The van der Waals surface area contributed by atoms with Crippen LogP contribution in [0.15, 0.2) is 12.7 Å². The number of carbonyl (C=O) groups excluding carboxylic acids is 2. The first-order valence-electron chi connectivity index (χ1n) is 6.61. The summed E-state index contributed by atoms with van der Waals surface area (Å²) < 4.78 is 0. The van der Waals surface area contributed by atoms with Gasteiger partial charge in [0.2, 0.25) is 11.8 Å². The summed E-state index contributed by atoms with van der Waals surface area (Å²) in [6.07, 6.45) is 2.58. The first-order valence-corrected chi connectivity index (χ1v) is 6.61. The Labute approximate surface area is 114 Å². The van der Waals surface area contributed by atoms with Gasteiger partial charge < -0.3 is 10.2 Å². The summed E-state index contributed by atoms with van der Waals surface area (Å²) in [5, 5.41) is 11.7. The van der Waals surface area contributed by atoms with Gasteiger partial charge in [0.05, 0.1) is 6.07 Å². The van der Waals surface area contributed by atoms with Crippen LogP contribution in [0.25, 0.3) is 0 Å². The summed E-state index contributed by atoms with van der Waals surface area (Å²) in [7, 11) is 0. The molecular formula is C14H21N3O2. The minimum Gasteiger partial charge on any atom is -0.340 e. The number of nitriles is 1. The second-order valence-corrected chi connectivity index (χ2v) is 5.16. The van der Waals surface area contributed by atoms with Gasteiger partial charge in [0.1, 0.15) is 6.04 Å². The molecule has 1 atom stereocenters. The third kappa shape index (κ3) is 4.09. The lowest BCUT2D eigenvalue weighted by atomic mass is 9.94. The van der Waals surface area contributed by atoms with Crippen molar-refractivity contribution in [3.63, 3.8) is 0 Å². The van der Waals surface area contributed by atoms with Crippen LogP contribution in [0.5, 0.6) is 0 Å². The van der Waals surface area contributed by atoms with E-state index in [2.05, 4.69) is 18.0 Å². The Balaban J connectivity index is 2.47. The highest BCUT2D eigenvalue weighted by molar-refractivity contribution is 5.87. The van der Waals surface area contributed by atoms with E-state index in [9.17, 15) is 9.59 Å². The van der Waals surface area contributed by atoms with Crippen molar-refractivity contribution in [2.24, 2.45) is 11.8 Å². The molecule has 2 amide bonds. The van der Waals surface area contributed by atoms with Gasteiger partial charge in [-0.3, -0.25) is 9.59 Å². The molecule has 1 rings (SSSR count). The number of likely N-dealkylation sites (tertiary alicyclic amines) is 1. The van der Waals surface area contributed by atoms with Gasteiger partial charge in [0.15, 0.2) is 0 Å². The summed E-state index contributed by atoms with van der Waals surface area (Å²) in [6.45, 7) is 8.40. The topological polar surface area (TPSA) is 73.2 Å². The van der Waals surface area contributed by atoms with Crippen molar-refractivity contribution in [1.29, 1.82) is 5.26 Å². The molecule has 0 radical (unpaired) electrons. The molecule has 1 aliphatic rings. The maximum Gasteiger partial charge on any atom is 0.245 e. The van der Waals surface area contributed by atoms with E-state index in [1.165, 1.54) is 6.08 Å². The van der Waals surface area contributed by atoms with Gasteiger partial charge in [0, 0.05) is 19.0 Å². The highest BCUT2D eigenvalue weighted by atomic mass is 16.2. The second-order valence-electron chi connectivity index (χ2n) is 5.16. The molecule has 0 aliphatic carbocycles. The second kappa shape index (κ2) is 6.93. The SMILES string of the molecule is C=CC(=O)N1CCC(C(=O)N[C@@H](C#N)C(C)C)CC1. The van der Waals surface area contributed by atoms with Crippen LogP contribution in [-0.4, -0.2) is 35.8 Å². The lowest BCUT2D eigenvalue weighted by Crippen LogP contribution is -2.45. The van der Waals surface area contributed by atoms with Gasteiger partial charge in [-0.05, 0) is 24.8 Å². The molecule has 0 bridgehead atoms. The average Bonchev–Trinajstić information content (AvgIpc) is 2.43. The molecule has 1 N–H and O–H groups in total. The Bertz CT molecular complexity index is 390. The normalized spacial score (nSPS) is 17.7. The number of piperidine rings is 1. The summed E-state index contributed by atoms with van der Waals surface area (Å²) >= 11 is 0. The summed E-state index contributed by atoms with van der Waals surface area (Å²) in [5.74, 6) is -0.179. The molecule has 1 fully saturated rings. The number of nitrogens with zero attached hydrogens (tertiary/aromatic N) is 2. The Morgan fingerprint density at radius 1 is 1.42 bits per heavy atom. The molecule has 0 aromatic heterocycles. The van der Waals surface area contributed by atoms with Gasteiger partial charge in [0.25, 0.3) is 0 Å². The van der Waals surface area contributed by atoms with Crippen molar-refractivity contribution in [1.82, 2.24) is 10.2 Å². The quantitative estimate of drug-likeness (QED) is 0.771. The van der Waals surface area contributed by atoms with E-state index in [1.54, 1.807) is 4.90 Å². The van der Waals surface area contributed by atoms with Gasteiger partial charge >= 0.3 is 0 Å². The number of hydrogen-bond donors (Lipinski definition) is 1. The molecule has 0 aromatic rings. The first kappa shape index (κ1) is 15.2. The smallest absolute Gasteiger partial charge is 0.245 e. The number of carbonyl (C=O) groups is 2. The monoisotopic (exact) mass is 263 g/mol. The van der Waals surface area contributed by atoms with E-state index in [-0.39, 0.29) is 23.7 Å². The predicted octanol–water partition coefficient (Wildman–Crippen LogP) is 1.08. The number of amides is 2. The van der Waals surface area contributed by atoms with Crippen LogP contribution in [-0.2, 0) is 9.59 Å². The van der Waals surface area contributed by atoms with Crippen molar-refractivity contribution in [3.8, 4) is 6.07 Å². The molecule has 0 spiro atoms. The lowest BCUT2D eigenvalue weighted by Gasteiger charge is -2.31. The Morgan fingerprint density at radius 2 is 2.00 bits per heavy atom. The van der Waals surface area contributed by atoms with Gasteiger partial charge in [-0.15, -0.1) is 0 Å². The molecule has 5 nitrogen and oxygen atoms in total. The van der Waals surface area contributed by atoms with Crippen molar-refractivity contribution in [2.45, 2.75) is 32.7 Å². The van der Waals surface area contributed by atoms with Crippen LogP contribution in [0.1, 0.15) is 26.7 Å². The first-order chi connectivity index (χ1) is 8.99. The minimum atomic E-state index is -0.444. The molecule has 1 saturated heterocycles. The standard InChI is InChI=1S/C14H21N3O2/c1-4-13(18)17-7-5-11(6-8-17)14(19)16-12(9-15)10(2)3/h4,10-12H,1,5-8H2,2-3H3,(H,16,19)/t12-/m0/s1. The molecule has 19 heavy (non-hydrogen) atoms. The fraction of sp³-hybridized carbons (Fsp3) is 0.643. The molecule has 0 saturated carbocycles. The molecule has 1 heterocycles. The molecular weight excluding hydrogens is 242 g/mol.